The molecule has 2 bridgehead atoms. The molecule has 2 saturated heterocycles. The fourth-order valence-electron chi connectivity index (χ4n) is 3.38. The van der Waals surface area contributed by atoms with Gasteiger partial charge < -0.3 is 5.11 Å². The van der Waals surface area contributed by atoms with Crippen molar-refractivity contribution < 1.29 is 9.90 Å². The summed E-state index contributed by atoms with van der Waals surface area (Å²) in [5, 5.41) is 9.02. The van der Waals surface area contributed by atoms with E-state index in [0.29, 0.717) is 12.1 Å². The number of fused-ring (bicyclic) bond motifs is 2. The van der Waals surface area contributed by atoms with Gasteiger partial charge >= 0.3 is 5.97 Å². The Labute approximate surface area is 84.1 Å². The fourth-order valence-corrected chi connectivity index (χ4v) is 3.38. The van der Waals surface area contributed by atoms with Gasteiger partial charge in [-0.15, -0.1) is 0 Å². The van der Waals surface area contributed by atoms with E-state index in [1.807, 2.05) is 0 Å². The molecule has 0 amide bonds. The van der Waals surface area contributed by atoms with Gasteiger partial charge in [-0.05, 0) is 38.5 Å². The van der Waals surface area contributed by atoms with E-state index in [9.17, 15) is 4.79 Å². The summed E-state index contributed by atoms with van der Waals surface area (Å²) in [5.41, 5.74) is 0. The maximum atomic E-state index is 10.9. The van der Waals surface area contributed by atoms with Crippen LogP contribution < -0.4 is 0 Å². The number of nitrogens with zero attached hydrogens (tertiary/aromatic N) is 1. The molecule has 0 spiro atoms. The van der Waals surface area contributed by atoms with Crippen LogP contribution in [-0.4, -0.2) is 34.1 Å². The molecule has 3 fully saturated rings. The number of carboxylic acids is 1. The second kappa shape index (κ2) is 2.96. The molecule has 2 heterocycles. The molecule has 2 aliphatic heterocycles. The van der Waals surface area contributed by atoms with Crippen LogP contribution in [0.1, 0.15) is 38.5 Å². The highest BCUT2D eigenvalue weighted by molar-refractivity contribution is 5.70. The van der Waals surface area contributed by atoms with Crippen LogP contribution in [0.15, 0.2) is 0 Å². The number of carboxylic acid groups (broad SMARTS) is 1. The number of piperidine rings is 1. The Morgan fingerprint density at radius 1 is 1.00 bits per heavy atom. The largest absolute Gasteiger partial charge is 0.481 e. The van der Waals surface area contributed by atoms with Gasteiger partial charge in [-0.3, -0.25) is 9.69 Å². The van der Waals surface area contributed by atoms with Crippen molar-refractivity contribution in [3.05, 3.63) is 0 Å². The summed E-state index contributed by atoms with van der Waals surface area (Å²) in [6.07, 6.45) is 7.00. The summed E-state index contributed by atoms with van der Waals surface area (Å²) in [4.78, 5) is 13.6. The van der Waals surface area contributed by atoms with E-state index in [1.165, 1.54) is 25.7 Å². The van der Waals surface area contributed by atoms with Gasteiger partial charge in [0.2, 0.25) is 0 Å². The second-order valence-electron chi connectivity index (χ2n) is 5.07. The van der Waals surface area contributed by atoms with Crippen molar-refractivity contribution in [1.29, 1.82) is 0 Å². The van der Waals surface area contributed by atoms with Crippen molar-refractivity contribution in [3.63, 3.8) is 0 Å². The lowest BCUT2D eigenvalue weighted by Gasteiger charge is -2.37. The molecule has 1 N–H and O–H groups in total. The summed E-state index contributed by atoms with van der Waals surface area (Å²) in [7, 11) is 0. The van der Waals surface area contributed by atoms with E-state index < -0.39 is 5.97 Å². The monoisotopic (exact) mass is 195 g/mol. The molecule has 1 saturated carbocycles. The lowest BCUT2D eigenvalue weighted by Crippen LogP contribution is -2.45. The smallest absolute Gasteiger partial charge is 0.306 e. The quantitative estimate of drug-likeness (QED) is 0.725. The Morgan fingerprint density at radius 3 is 1.93 bits per heavy atom. The molecule has 0 aromatic carbocycles. The first kappa shape index (κ1) is 8.72. The molecule has 2 unspecified atom stereocenters. The van der Waals surface area contributed by atoms with E-state index in [0.717, 1.165) is 18.9 Å². The zero-order valence-electron chi connectivity index (χ0n) is 8.35. The molecule has 14 heavy (non-hydrogen) atoms. The topological polar surface area (TPSA) is 40.5 Å². The predicted molar refractivity (Wildman–Crippen MR) is 52.0 cm³/mol. The molecule has 3 rings (SSSR count). The van der Waals surface area contributed by atoms with Crippen LogP contribution in [0.3, 0.4) is 0 Å². The van der Waals surface area contributed by atoms with E-state index >= 15 is 0 Å². The number of hydrogen-bond donors (Lipinski definition) is 1. The number of aliphatic carboxylic acids is 1. The maximum absolute atomic E-state index is 10.9. The van der Waals surface area contributed by atoms with Crippen molar-refractivity contribution in [2.75, 3.05) is 0 Å². The normalized spacial score (nSPS) is 42.7. The van der Waals surface area contributed by atoms with Crippen molar-refractivity contribution in [2.24, 2.45) is 5.92 Å². The summed E-state index contributed by atoms with van der Waals surface area (Å²) < 4.78 is 0. The highest BCUT2D eigenvalue weighted by atomic mass is 16.4. The van der Waals surface area contributed by atoms with Crippen LogP contribution in [0, 0.1) is 5.92 Å². The van der Waals surface area contributed by atoms with Gasteiger partial charge in [0.05, 0.1) is 5.92 Å². The molecule has 1 aliphatic carbocycles. The molecule has 0 aromatic rings. The summed E-state index contributed by atoms with van der Waals surface area (Å²) in [6.45, 7) is 0. The van der Waals surface area contributed by atoms with Gasteiger partial charge in [0.15, 0.2) is 0 Å². The average Bonchev–Trinajstić information content (AvgIpc) is 2.94. The van der Waals surface area contributed by atoms with Gasteiger partial charge in [-0.1, -0.05) is 0 Å². The first-order valence-corrected chi connectivity index (χ1v) is 5.76. The third-order valence-corrected chi connectivity index (χ3v) is 4.11. The van der Waals surface area contributed by atoms with Crippen molar-refractivity contribution in [2.45, 2.75) is 56.7 Å². The first-order chi connectivity index (χ1) is 6.75. The number of carbonyl (C=O) groups is 1. The van der Waals surface area contributed by atoms with Crippen molar-refractivity contribution in [1.82, 2.24) is 4.90 Å². The zero-order chi connectivity index (χ0) is 9.71. The van der Waals surface area contributed by atoms with E-state index in [4.69, 9.17) is 5.11 Å². The lowest BCUT2D eigenvalue weighted by atomic mass is 9.91. The minimum Gasteiger partial charge on any atom is -0.481 e. The van der Waals surface area contributed by atoms with Crippen LogP contribution >= 0.6 is 0 Å². The van der Waals surface area contributed by atoms with E-state index in [-0.39, 0.29) is 5.92 Å². The molecule has 3 nitrogen and oxygen atoms in total. The van der Waals surface area contributed by atoms with Crippen LogP contribution in [0.2, 0.25) is 0 Å². The highest BCUT2D eigenvalue weighted by Crippen LogP contribution is 2.45. The molecule has 3 aliphatic rings. The van der Waals surface area contributed by atoms with Gasteiger partial charge in [0.1, 0.15) is 0 Å². The Hall–Kier alpha value is -0.570. The van der Waals surface area contributed by atoms with Gasteiger partial charge in [0.25, 0.3) is 0 Å². The first-order valence-electron chi connectivity index (χ1n) is 5.76. The Kier molecular flexibility index (Phi) is 1.84. The second-order valence-corrected chi connectivity index (χ2v) is 5.07. The molecular formula is C11H17NO2. The summed E-state index contributed by atoms with van der Waals surface area (Å²) in [6, 6.07) is 2.02. The van der Waals surface area contributed by atoms with E-state index in [2.05, 4.69) is 4.90 Å². The molecule has 0 aromatic heterocycles. The highest BCUT2D eigenvalue weighted by Gasteiger charge is 2.48. The van der Waals surface area contributed by atoms with Crippen LogP contribution in [0.5, 0.6) is 0 Å². The van der Waals surface area contributed by atoms with Crippen molar-refractivity contribution in [3.8, 4) is 0 Å². The Balaban J connectivity index is 1.75. The predicted octanol–water partition coefficient (Wildman–Crippen LogP) is 1.48. The summed E-state index contributed by atoms with van der Waals surface area (Å²) in [5.74, 6) is -0.625. The number of rotatable bonds is 2. The fraction of sp³-hybridized carbons (Fsp3) is 0.909. The standard InChI is InChI=1S/C11H17NO2/c13-11(14)7-5-9-3-4-10(6-7)12(9)8-1-2-8/h7-10H,1-6H2,(H,13,14). The molecule has 2 atom stereocenters. The molecular weight excluding hydrogens is 178 g/mol. The van der Waals surface area contributed by atoms with Gasteiger partial charge in [0, 0.05) is 18.1 Å². The third-order valence-electron chi connectivity index (χ3n) is 4.11. The Bertz CT molecular complexity index is 248. The Morgan fingerprint density at radius 2 is 1.50 bits per heavy atom. The SMILES string of the molecule is O=C(O)C1CC2CCC(C1)N2C1CC1. The van der Waals surface area contributed by atoms with E-state index in [1.54, 1.807) is 0 Å². The van der Waals surface area contributed by atoms with Gasteiger partial charge in [-0.25, -0.2) is 0 Å². The van der Waals surface area contributed by atoms with Gasteiger partial charge in [-0.2, -0.15) is 0 Å². The third kappa shape index (κ3) is 1.26. The zero-order valence-corrected chi connectivity index (χ0v) is 8.35. The number of hydrogen-bond acceptors (Lipinski definition) is 2. The van der Waals surface area contributed by atoms with Crippen LogP contribution in [0.25, 0.3) is 0 Å². The minimum atomic E-state index is -0.572. The molecule has 78 valence electrons. The lowest BCUT2D eigenvalue weighted by molar-refractivity contribution is -0.144. The minimum absolute atomic E-state index is 0.0532. The van der Waals surface area contributed by atoms with Crippen LogP contribution in [-0.2, 0) is 4.79 Å². The maximum Gasteiger partial charge on any atom is 0.306 e. The molecule has 3 heteroatoms. The average molecular weight is 195 g/mol. The van der Waals surface area contributed by atoms with Crippen LogP contribution in [0.4, 0.5) is 0 Å². The van der Waals surface area contributed by atoms with Crippen molar-refractivity contribution >= 4 is 5.97 Å². The summed E-state index contributed by atoms with van der Waals surface area (Å²) >= 11 is 0. The molecule has 0 radical (unpaired) electrons.